The average molecular weight is 891 g/mol. The number of nitrogens with zero attached hydrogens (tertiary/aromatic N) is 2. The Labute approximate surface area is 370 Å². The number of H-pyrrole nitrogens is 2. The van der Waals surface area contributed by atoms with Crippen molar-refractivity contribution < 1.29 is 47.0 Å². The van der Waals surface area contributed by atoms with Gasteiger partial charge in [-0.3, -0.25) is 28.8 Å². The lowest BCUT2D eigenvalue weighted by atomic mass is 9.94. The van der Waals surface area contributed by atoms with E-state index in [1.54, 1.807) is 63.7 Å². The van der Waals surface area contributed by atoms with Crippen LogP contribution in [0.15, 0.2) is 36.4 Å². The number of likely N-dealkylation sites (N-methyl/N-ethyl adjacent to an activating group) is 2. The number of carbonyl (C=O) groups excluding carboxylic acids is 6. The molecule has 8 atom stereocenters. The summed E-state index contributed by atoms with van der Waals surface area (Å²) in [6, 6.07) is 4.78. The van der Waals surface area contributed by atoms with E-state index in [9.17, 15) is 37.5 Å². The molecule has 346 valence electrons. The Morgan fingerprint density at radius 2 is 1.05 bits per heavy atom. The van der Waals surface area contributed by atoms with Crippen molar-refractivity contribution in [3.63, 3.8) is 0 Å². The zero-order valence-electron chi connectivity index (χ0n) is 37.7. The molecule has 6 N–H and O–H groups in total. The molecule has 4 amide bonds. The zero-order chi connectivity index (χ0) is 46.6. The molecular formula is C46H60F2N8O8. The zero-order valence-corrected chi connectivity index (χ0v) is 37.7. The van der Waals surface area contributed by atoms with Gasteiger partial charge in [0.25, 0.3) is 0 Å². The van der Waals surface area contributed by atoms with Crippen LogP contribution >= 0.6 is 0 Å². The fourth-order valence-corrected chi connectivity index (χ4v) is 9.02. The fourth-order valence-electron chi connectivity index (χ4n) is 9.02. The van der Waals surface area contributed by atoms with Crippen molar-refractivity contribution in [3.05, 3.63) is 59.2 Å². The highest BCUT2D eigenvalue weighted by Crippen LogP contribution is 2.40. The minimum Gasteiger partial charge on any atom is -0.461 e. The number of rotatable bonds is 17. The number of amides is 4. The number of hydrogen-bond donors (Lipinski definition) is 6. The molecule has 0 saturated carbocycles. The first-order valence-corrected chi connectivity index (χ1v) is 22.0. The van der Waals surface area contributed by atoms with E-state index in [-0.39, 0.29) is 62.4 Å². The van der Waals surface area contributed by atoms with Crippen LogP contribution in [-0.2, 0) is 51.1 Å². The smallest absolute Gasteiger partial charge is 0.302 e. The van der Waals surface area contributed by atoms with Gasteiger partial charge in [0.05, 0.1) is 36.6 Å². The Balaban J connectivity index is 1.44. The molecule has 0 spiro atoms. The number of nitrogens with one attached hydrogen (secondary N) is 6. The van der Waals surface area contributed by atoms with Gasteiger partial charge >= 0.3 is 11.9 Å². The van der Waals surface area contributed by atoms with Crippen molar-refractivity contribution in [3.8, 4) is 11.4 Å². The minimum atomic E-state index is -0.867. The van der Waals surface area contributed by atoms with E-state index in [0.717, 1.165) is 0 Å². The molecule has 2 aromatic carbocycles. The summed E-state index contributed by atoms with van der Waals surface area (Å²) >= 11 is 0. The molecule has 2 aliphatic rings. The molecule has 0 aliphatic carbocycles. The van der Waals surface area contributed by atoms with Crippen LogP contribution in [0.2, 0.25) is 0 Å². The third-order valence-electron chi connectivity index (χ3n) is 12.5. The number of esters is 2. The second-order valence-corrected chi connectivity index (χ2v) is 16.9. The van der Waals surface area contributed by atoms with Crippen molar-refractivity contribution in [1.29, 1.82) is 0 Å². The number of fused-ring (bicyclic) bond motifs is 2. The van der Waals surface area contributed by atoms with Gasteiger partial charge < -0.3 is 50.5 Å². The molecule has 0 bridgehead atoms. The standard InChI is InChI=1S/C46H60F2N8O8/c1-9-37(53-43(59)23(3)49-7)45(61)55-21-31(63-25(5)57)17-29(55)19-35-33-13-11-27(47)15-39(33)51-41(35)42-36(34-14-12-28(48)16-40(34)52-42)20-30-18-32(64-26(6)58)22-56(30)46(62)38(10-2)54-44(60)24(4)50-8/h11-16,23-24,29-32,37-38,49-52H,9-10,17-22H2,1-8H3,(H,53,59)(H,54,60)/t23-,24-,29-,30-,31-,32?,37-,38-/m0/s1. The van der Waals surface area contributed by atoms with Gasteiger partial charge in [0.2, 0.25) is 23.6 Å². The second kappa shape index (κ2) is 20.3. The largest absolute Gasteiger partial charge is 0.461 e. The van der Waals surface area contributed by atoms with Crippen molar-refractivity contribution in [2.24, 2.45) is 0 Å². The van der Waals surface area contributed by atoms with Crippen molar-refractivity contribution in [1.82, 2.24) is 41.0 Å². The average Bonchev–Trinajstić information content (AvgIpc) is 4.03. The molecule has 2 saturated heterocycles. The van der Waals surface area contributed by atoms with Gasteiger partial charge in [-0.1, -0.05) is 13.8 Å². The van der Waals surface area contributed by atoms with Crippen molar-refractivity contribution >= 4 is 57.4 Å². The molecule has 2 aromatic heterocycles. The lowest BCUT2D eigenvalue weighted by molar-refractivity contribution is -0.147. The van der Waals surface area contributed by atoms with E-state index in [2.05, 4.69) is 31.2 Å². The Bertz CT molecular complexity index is 2240. The highest BCUT2D eigenvalue weighted by Gasteiger charge is 2.43. The molecule has 0 radical (unpaired) electrons. The molecule has 2 aliphatic heterocycles. The number of hydrogen-bond acceptors (Lipinski definition) is 10. The van der Waals surface area contributed by atoms with Crippen molar-refractivity contribution in [2.45, 2.75) is 129 Å². The molecule has 18 heteroatoms. The first-order chi connectivity index (χ1) is 30.5. The lowest BCUT2D eigenvalue weighted by Gasteiger charge is -2.30. The molecule has 6 rings (SSSR count). The second-order valence-electron chi connectivity index (χ2n) is 16.9. The summed E-state index contributed by atoms with van der Waals surface area (Å²) in [5, 5.41) is 12.8. The van der Waals surface area contributed by atoms with Gasteiger partial charge in [0, 0.05) is 60.6 Å². The van der Waals surface area contributed by atoms with Crippen LogP contribution in [0.3, 0.4) is 0 Å². The van der Waals surface area contributed by atoms with Crippen LogP contribution < -0.4 is 21.3 Å². The van der Waals surface area contributed by atoms with Gasteiger partial charge in [-0.2, -0.15) is 0 Å². The first kappa shape index (κ1) is 47.6. The lowest BCUT2D eigenvalue weighted by Crippen LogP contribution is -2.53. The Morgan fingerprint density at radius 1 is 0.672 bits per heavy atom. The predicted molar refractivity (Wildman–Crippen MR) is 236 cm³/mol. The van der Waals surface area contributed by atoms with E-state index in [1.807, 2.05) is 0 Å². The molecule has 64 heavy (non-hydrogen) atoms. The van der Waals surface area contributed by atoms with Gasteiger partial charge in [-0.15, -0.1) is 0 Å². The van der Waals surface area contributed by atoms with Crippen molar-refractivity contribution in [2.75, 3.05) is 27.2 Å². The Hall–Kier alpha value is -5.88. The number of carbonyl (C=O) groups is 6. The fraction of sp³-hybridized carbons (Fsp3) is 0.522. The van der Waals surface area contributed by atoms with Crippen LogP contribution in [0, 0.1) is 11.6 Å². The number of likely N-dealkylation sites (tertiary alicyclic amines) is 2. The summed E-state index contributed by atoms with van der Waals surface area (Å²) in [6.07, 6.45) is 0.292. The molecule has 4 aromatic rings. The molecule has 1 unspecified atom stereocenters. The van der Waals surface area contributed by atoms with Crippen LogP contribution in [0.25, 0.3) is 33.2 Å². The number of aromatic nitrogens is 2. The maximum absolute atomic E-state index is 15.0. The number of halogens is 2. The Kier molecular flexibility index (Phi) is 15.1. The van der Waals surface area contributed by atoms with E-state index < -0.39 is 72.0 Å². The van der Waals surface area contributed by atoms with Crippen LogP contribution in [0.4, 0.5) is 8.78 Å². The van der Waals surface area contributed by atoms with Gasteiger partial charge in [-0.25, -0.2) is 8.78 Å². The third kappa shape index (κ3) is 10.4. The normalized spacial score (nSPS) is 20.5. The Morgan fingerprint density at radius 3 is 1.38 bits per heavy atom. The summed E-state index contributed by atoms with van der Waals surface area (Å²) in [5.41, 5.74) is 3.37. The van der Waals surface area contributed by atoms with Gasteiger partial charge in [-0.05, 0) is 101 Å². The maximum atomic E-state index is 15.0. The van der Waals surface area contributed by atoms with Crippen LogP contribution in [0.5, 0.6) is 0 Å². The first-order valence-electron chi connectivity index (χ1n) is 22.0. The third-order valence-corrected chi connectivity index (χ3v) is 12.5. The molecule has 4 heterocycles. The predicted octanol–water partition coefficient (Wildman–Crippen LogP) is 3.75. The minimum absolute atomic E-state index is 0.0857. The van der Waals surface area contributed by atoms with E-state index in [0.29, 0.717) is 57.2 Å². The maximum Gasteiger partial charge on any atom is 0.302 e. The molecule has 2 fully saturated rings. The summed E-state index contributed by atoms with van der Waals surface area (Å²) in [4.78, 5) is 89.2. The summed E-state index contributed by atoms with van der Waals surface area (Å²) in [7, 11) is 3.29. The van der Waals surface area contributed by atoms with Crippen LogP contribution in [0.1, 0.15) is 78.4 Å². The van der Waals surface area contributed by atoms with E-state index in [1.165, 1.54) is 38.1 Å². The summed E-state index contributed by atoms with van der Waals surface area (Å²) in [5.74, 6) is -3.38. The SMILES string of the molecule is CC[C@H](NC(=O)[C@H](C)NC)C(=O)N1CC(OC(C)=O)C[C@H]1Cc1c(-c2[nH]c3cc(F)ccc3c2C[C@@H]2C[C@H](OC(C)=O)CN2C(=O)[C@H](CC)NC(=O)[C@H](C)NC)[nH]c2cc(F)ccc12. The summed E-state index contributed by atoms with van der Waals surface area (Å²) in [6.45, 7) is 9.74. The number of aromatic amines is 2. The topological polar surface area (TPSA) is 207 Å². The highest BCUT2D eigenvalue weighted by atomic mass is 19.1. The monoisotopic (exact) mass is 890 g/mol. The number of benzene rings is 2. The molecule has 16 nitrogen and oxygen atoms in total. The highest BCUT2D eigenvalue weighted by molar-refractivity contribution is 5.97. The quantitative estimate of drug-likeness (QED) is 0.0847. The summed E-state index contributed by atoms with van der Waals surface area (Å²) < 4.78 is 41.3. The van der Waals surface area contributed by atoms with Gasteiger partial charge in [0.1, 0.15) is 35.9 Å². The molecular weight excluding hydrogens is 831 g/mol. The van der Waals surface area contributed by atoms with Gasteiger partial charge in [0.15, 0.2) is 0 Å². The number of ether oxygens (including phenoxy) is 2. The van der Waals surface area contributed by atoms with E-state index in [4.69, 9.17) is 9.47 Å². The van der Waals surface area contributed by atoms with Crippen LogP contribution in [-0.4, -0.2) is 131 Å². The van der Waals surface area contributed by atoms with E-state index >= 15 is 0 Å².